The predicted octanol–water partition coefficient (Wildman–Crippen LogP) is 5.25. The summed E-state index contributed by atoms with van der Waals surface area (Å²) in [6, 6.07) is 6.20. The Morgan fingerprint density at radius 1 is 0.952 bits per heavy atom. The number of rotatable bonds is 10. The van der Waals surface area contributed by atoms with Crippen molar-refractivity contribution >= 4 is 23.0 Å². The maximum absolute atomic E-state index is 12.8. The van der Waals surface area contributed by atoms with Crippen molar-refractivity contribution in [2.75, 3.05) is 11.9 Å². The van der Waals surface area contributed by atoms with Gasteiger partial charge in [-0.25, -0.2) is 4.39 Å². The highest BCUT2D eigenvalue weighted by Gasteiger charge is 1.98. The first kappa shape index (κ1) is 17.9. The van der Waals surface area contributed by atoms with E-state index in [1.165, 1.54) is 57.1 Å². The van der Waals surface area contributed by atoms with Crippen molar-refractivity contribution in [3.63, 3.8) is 0 Å². The summed E-state index contributed by atoms with van der Waals surface area (Å²) in [7, 11) is 0. The van der Waals surface area contributed by atoms with E-state index in [0.717, 1.165) is 18.7 Å². The molecule has 2 nitrogen and oxygen atoms in total. The van der Waals surface area contributed by atoms with Crippen LogP contribution in [0.3, 0.4) is 0 Å². The molecule has 0 heterocycles. The van der Waals surface area contributed by atoms with Gasteiger partial charge in [-0.15, -0.1) is 0 Å². The number of benzene rings is 1. The molecule has 1 aromatic carbocycles. The van der Waals surface area contributed by atoms with E-state index in [0.29, 0.717) is 5.11 Å². The fourth-order valence-corrected chi connectivity index (χ4v) is 2.39. The standard InChI is InChI=1S/C17H27FN2S/c1-2-3-4-5-6-7-8-9-14-19-17(21)20-16-12-10-15(18)11-13-16/h10-13H,2-9,14H2,1H3,(H2,19,20,21). The quantitative estimate of drug-likeness (QED) is 0.456. The third-order valence-corrected chi connectivity index (χ3v) is 3.66. The monoisotopic (exact) mass is 310 g/mol. The average molecular weight is 310 g/mol. The van der Waals surface area contributed by atoms with E-state index in [1.54, 1.807) is 12.1 Å². The van der Waals surface area contributed by atoms with Crippen LogP contribution in [0.15, 0.2) is 24.3 Å². The van der Waals surface area contributed by atoms with Crippen molar-refractivity contribution in [3.05, 3.63) is 30.1 Å². The number of nitrogens with one attached hydrogen (secondary N) is 2. The Morgan fingerprint density at radius 3 is 2.14 bits per heavy atom. The Hall–Kier alpha value is -1.16. The van der Waals surface area contributed by atoms with E-state index in [4.69, 9.17) is 12.2 Å². The second kappa shape index (κ2) is 11.5. The highest BCUT2D eigenvalue weighted by Crippen LogP contribution is 2.09. The molecule has 0 unspecified atom stereocenters. The van der Waals surface area contributed by atoms with E-state index in [2.05, 4.69) is 17.6 Å². The summed E-state index contributed by atoms with van der Waals surface area (Å²) in [6.07, 6.45) is 10.5. The van der Waals surface area contributed by atoms with Crippen LogP contribution in [-0.4, -0.2) is 11.7 Å². The number of unbranched alkanes of at least 4 members (excludes halogenated alkanes) is 7. The summed E-state index contributed by atoms with van der Waals surface area (Å²) in [5, 5.41) is 6.83. The Bertz CT molecular complexity index is 392. The average Bonchev–Trinajstić information content (AvgIpc) is 2.48. The van der Waals surface area contributed by atoms with Gasteiger partial charge in [-0.1, -0.05) is 51.9 Å². The SMILES string of the molecule is CCCCCCCCCCNC(=S)Nc1ccc(F)cc1. The number of thiocarbonyl (C=S) groups is 1. The van der Waals surface area contributed by atoms with E-state index in [9.17, 15) is 4.39 Å². The number of anilines is 1. The maximum Gasteiger partial charge on any atom is 0.170 e. The highest BCUT2D eigenvalue weighted by molar-refractivity contribution is 7.80. The first-order chi connectivity index (χ1) is 10.2. The van der Waals surface area contributed by atoms with Crippen LogP contribution in [0.25, 0.3) is 0 Å². The molecule has 0 amide bonds. The normalized spacial score (nSPS) is 10.4. The van der Waals surface area contributed by atoms with E-state index in [-0.39, 0.29) is 5.82 Å². The highest BCUT2D eigenvalue weighted by atomic mass is 32.1. The fraction of sp³-hybridized carbons (Fsp3) is 0.588. The van der Waals surface area contributed by atoms with Crippen LogP contribution in [0.5, 0.6) is 0 Å². The van der Waals surface area contributed by atoms with Crippen LogP contribution in [0, 0.1) is 5.82 Å². The zero-order valence-corrected chi connectivity index (χ0v) is 13.8. The van der Waals surface area contributed by atoms with Crippen LogP contribution in [0.4, 0.5) is 10.1 Å². The zero-order chi connectivity index (χ0) is 15.3. The van der Waals surface area contributed by atoms with Crippen LogP contribution >= 0.6 is 12.2 Å². The molecule has 0 aliphatic heterocycles. The molecule has 0 spiro atoms. The lowest BCUT2D eigenvalue weighted by molar-refractivity contribution is 0.573. The minimum atomic E-state index is -0.238. The lowest BCUT2D eigenvalue weighted by atomic mass is 10.1. The van der Waals surface area contributed by atoms with Gasteiger partial charge in [0.2, 0.25) is 0 Å². The van der Waals surface area contributed by atoms with Gasteiger partial charge in [-0.2, -0.15) is 0 Å². The number of hydrogen-bond donors (Lipinski definition) is 2. The van der Waals surface area contributed by atoms with Crippen molar-refractivity contribution in [1.29, 1.82) is 0 Å². The van der Waals surface area contributed by atoms with Crippen molar-refractivity contribution in [3.8, 4) is 0 Å². The topological polar surface area (TPSA) is 24.1 Å². The molecule has 2 N–H and O–H groups in total. The van der Waals surface area contributed by atoms with Gasteiger partial charge in [0.25, 0.3) is 0 Å². The first-order valence-electron chi connectivity index (χ1n) is 8.03. The molecule has 0 atom stereocenters. The minimum absolute atomic E-state index is 0.238. The van der Waals surface area contributed by atoms with Crippen molar-refractivity contribution in [2.24, 2.45) is 0 Å². The molecule has 21 heavy (non-hydrogen) atoms. The lowest BCUT2D eigenvalue weighted by Gasteiger charge is -2.10. The van der Waals surface area contributed by atoms with Gasteiger partial charge in [-0.05, 0) is 42.9 Å². The van der Waals surface area contributed by atoms with E-state index >= 15 is 0 Å². The molecule has 0 saturated heterocycles. The number of hydrogen-bond acceptors (Lipinski definition) is 1. The van der Waals surface area contributed by atoms with Gasteiger partial charge in [0.05, 0.1) is 0 Å². The molecule has 0 fully saturated rings. The summed E-state index contributed by atoms with van der Waals surface area (Å²) in [4.78, 5) is 0. The third-order valence-electron chi connectivity index (χ3n) is 3.42. The zero-order valence-electron chi connectivity index (χ0n) is 13.0. The molecule has 0 bridgehead atoms. The van der Waals surface area contributed by atoms with E-state index < -0.39 is 0 Å². The summed E-state index contributed by atoms with van der Waals surface area (Å²) in [5.41, 5.74) is 0.810. The Balaban J connectivity index is 1.97. The molecular formula is C17H27FN2S. The van der Waals surface area contributed by atoms with Crippen molar-refractivity contribution in [2.45, 2.75) is 58.3 Å². The largest absolute Gasteiger partial charge is 0.362 e. The summed E-state index contributed by atoms with van der Waals surface area (Å²) >= 11 is 5.20. The Labute approximate surface area is 133 Å². The third kappa shape index (κ3) is 9.40. The molecule has 0 aliphatic rings. The fourth-order valence-electron chi connectivity index (χ4n) is 2.17. The minimum Gasteiger partial charge on any atom is -0.362 e. The molecule has 4 heteroatoms. The molecule has 1 rings (SSSR count). The first-order valence-corrected chi connectivity index (χ1v) is 8.43. The van der Waals surface area contributed by atoms with Crippen LogP contribution in [0.1, 0.15) is 58.3 Å². The van der Waals surface area contributed by atoms with Crippen LogP contribution < -0.4 is 10.6 Å². The Kier molecular flexibility index (Phi) is 9.79. The van der Waals surface area contributed by atoms with Crippen molar-refractivity contribution < 1.29 is 4.39 Å². The van der Waals surface area contributed by atoms with Crippen LogP contribution in [0.2, 0.25) is 0 Å². The molecule has 0 saturated carbocycles. The van der Waals surface area contributed by atoms with Gasteiger partial charge in [0.1, 0.15) is 5.82 Å². The smallest absolute Gasteiger partial charge is 0.170 e. The summed E-state index contributed by atoms with van der Waals surface area (Å²) in [5.74, 6) is -0.238. The molecular weight excluding hydrogens is 283 g/mol. The van der Waals surface area contributed by atoms with Gasteiger partial charge in [0.15, 0.2) is 5.11 Å². The second-order valence-electron chi connectivity index (χ2n) is 5.36. The predicted molar refractivity (Wildman–Crippen MR) is 93.2 cm³/mol. The molecule has 1 aromatic rings. The molecule has 0 aliphatic carbocycles. The van der Waals surface area contributed by atoms with E-state index in [1.807, 2.05) is 0 Å². The van der Waals surface area contributed by atoms with Crippen molar-refractivity contribution in [1.82, 2.24) is 5.32 Å². The van der Waals surface area contributed by atoms with Gasteiger partial charge >= 0.3 is 0 Å². The second-order valence-corrected chi connectivity index (χ2v) is 5.77. The number of halogens is 1. The lowest BCUT2D eigenvalue weighted by Crippen LogP contribution is -2.29. The van der Waals surface area contributed by atoms with Gasteiger partial charge in [0, 0.05) is 12.2 Å². The maximum atomic E-state index is 12.8. The molecule has 0 radical (unpaired) electrons. The van der Waals surface area contributed by atoms with Gasteiger partial charge < -0.3 is 10.6 Å². The summed E-state index contributed by atoms with van der Waals surface area (Å²) < 4.78 is 12.8. The van der Waals surface area contributed by atoms with Gasteiger partial charge in [-0.3, -0.25) is 0 Å². The summed E-state index contributed by atoms with van der Waals surface area (Å²) in [6.45, 7) is 3.14. The molecule has 118 valence electrons. The van der Waals surface area contributed by atoms with Crippen LogP contribution in [-0.2, 0) is 0 Å². The molecule has 0 aromatic heterocycles. The Morgan fingerprint density at radius 2 is 1.52 bits per heavy atom.